The molecule has 1 aromatic rings. The van der Waals surface area contributed by atoms with Crippen molar-refractivity contribution in [2.24, 2.45) is 5.92 Å². The molecule has 4 heteroatoms. The molecule has 1 atom stereocenters. The topological polar surface area (TPSA) is 52.6 Å². The van der Waals surface area contributed by atoms with Crippen molar-refractivity contribution in [2.75, 3.05) is 31.6 Å². The molecule has 1 aliphatic rings. The lowest BCUT2D eigenvalue weighted by atomic mass is 9.92. The van der Waals surface area contributed by atoms with Crippen molar-refractivity contribution < 1.29 is 9.90 Å². The number of para-hydroxylation sites is 1. The second kappa shape index (κ2) is 8.91. The van der Waals surface area contributed by atoms with E-state index in [0.717, 1.165) is 50.1 Å². The van der Waals surface area contributed by atoms with Gasteiger partial charge in [-0.25, -0.2) is 0 Å². The number of carbonyl (C=O) groups is 1. The Morgan fingerprint density at radius 1 is 1.27 bits per heavy atom. The van der Waals surface area contributed by atoms with Crippen LogP contribution in [0.2, 0.25) is 0 Å². The summed E-state index contributed by atoms with van der Waals surface area (Å²) in [7, 11) is 0. The first-order valence-corrected chi connectivity index (χ1v) is 8.37. The number of hydrogen-bond acceptors (Lipinski definition) is 3. The molecule has 4 nitrogen and oxygen atoms in total. The molecule has 0 aromatic heterocycles. The largest absolute Gasteiger partial charge is 0.395 e. The van der Waals surface area contributed by atoms with Gasteiger partial charge >= 0.3 is 0 Å². The van der Waals surface area contributed by atoms with E-state index in [0.29, 0.717) is 12.3 Å². The van der Waals surface area contributed by atoms with Gasteiger partial charge < -0.3 is 15.3 Å². The molecule has 0 saturated carbocycles. The third-order valence-corrected chi connectivity index (χ3v) is 4.50. The number of hydrogen-bond donors (Lipinski definition) is 2. The van der Waals surface area contributed by atoms with Crippen LogP contribution < -0.4 is 5.32 Å². The number of β-amino-alcohol motifs (C(OH)–C–C–N with tert-alkyl or cyclic N) is 1. The van der Waals surface area contributed by atoms with E-state index < -0.39 is 0 Å². The van der Waals surface area contributed by atoms with Gasteiger partial charge in [0.2, 0.25) is 5.91 Å². The van der Waals surface area contributed by atoms with Crippen molar-refractivity contribution in [1.29, 1.82) is 0 Å². The minimum atomic E-state index is 0.119. The zero-order valence-electron chi connectivity index (χ0n) is 13.6. The maximum atomic E-state index is 12.3. The zero-order valence-corrected chi connectivity index (χ0v) is 13.6. The summed E-state index contributed by atoms with van der Waals surface area (Å²) in [6.07, 6.45) is 5.11. The molecule has 0 radical (unpaired) electrons. The highest BCUT2D eigenvalue weighted by molar-refractivity contribution is 5.91. The zero-order chi connectivity index (χ0) is 15.8. The standard InChI is InChI=1S/C18H28N2O2/c1-15-6-2-3-8-17(15)19-18(22)14-16-7-4-5-10-20(11-9-16)12-13-21/h2-3,6,8,16,21H,4-5,7,9-14H2,1H3,(H,19,22). The van der Waals surface area contributed by atoms with Crippen LogP contribution in [0.5, 0.6) is 0 Å². The Hall–Kier alpha value is -1.39. The van der Waals surface area contributed by atoms with Crippen molar-refractivity contribution in [3.8, 4) is 0 Å². The highest BCUT2D eigenvalue weighted by Gasteiger charge is 2.18. The highest BCUT2D eigenvalue weighted by Crippen LogP contribution is 2.22. The third kappa shape index (κ3) is 5.43. The number of amides is 1. The molecule has 2 N–H and O–H groups in total. The number of aryl methyl sites for hydroxylation is 1. The molecule has 0 spiro atoms. The molecular formula is C18H28N2O2. The van der Waals surface area contributed by atoms with Crippen LogP contribution in [-0.2, 0) is 4.79 Å². The summed E-state index contributed by atoms with van der Waals surface area (Å²) in [5.41, 5.74) is 2.02. The maximum Gasteiger partial charge on any atom is 0.224 e. The first-order chi connectivity index (χ1) is 10.7. The minimum Gasteiger partial charge on any atom is -0.395 e. The SMILES string of the molecule is Cc1ccccc1NC(=O)CC1CCCCN(CCO)CC1. The number of benzene rings is 1. The van der Waals surface area contributed by atoms with Gasteiger partial charge in [-0.15, -0.1) is 0 Å². The second-order valence-electron chi connectivity index (χ2n) is 6.28. The van der Waals surface area contributed by atoms with Gasteiger partial charge in [-0.3, -0.25) is 4.79 Å². The summed E-state index contributed by atoms with van der Waals surface area (Å²) in [5, 5.41) is 12.1. The van der Waals surface area contributed by atoms with Gasteiger partial charge in [-0.05, 0) is 56.8 Å². The molecular weight excluding hydrogens is 276 g/mol. The Labute approximate surface area is 133 Å². The normalized spacial score (nSPS) is 20.2. The van der Waals surface area contributed by atoms with Gasteiger partial charge in [0.05, 0.1) is 6.61 Å². The van der Waals surface area contributed by atoms with E-state index in [1.807, 2.05) is 31.2 Å². The van der Waals surface area contributed by atoms with Gasteiger partial charge in [0.25, 0.3) is 0 Å². The summed E-state index contributed by atoms with van der Waals surface area (Å²) in [5.74, 6) is 0.569. The molecule has 22 heavy (non-hydrogen) atoms. The number of aliphatic hydroxyl groups excluding tert-OH is 1. The molecule has 122 valence electrons. The summed E-state index contributed by atoms with van der Waals surface area (Å²) < 4.78 is 0. The molecule has 0 bridgehead atoms. The Bertz CT molecular complexity index is 476. The molecule has 1 saturated heterocycles. The number of likely N-dealkylation sites (tertiary alicyclic amines) is 1. The van der Waals surface area contributed by atoms with E-state index in [4.69, 9.17) is 5.11 Å². The molecule has 1 unspecified atom stereocenters. The summed E-state index contributed by atoms with van der Waals surface area (Å²) in [4.78, 5) is 14.6. The number of nitrogens with zero attached hydrogens (tertiary/aromatic N) is 1. The quantitative estimate of drug-likeness (QED) is 0.879. The van der Waals surface area contributed by atoms with E-state index in [1.54, 1.807) is 0 Å². The van der Waals surface area contributed by atoms with Crippen molar-refractivity contribution in [3.63, 3.8) is 0 Å². The van der Waals surface area contributed by atoms with Gasteiger partial charge in [0.1, 0.15) is 0 Å². The lowest BCUT2D eigenvalue weighted by Gasteiger charge is -2.27. The summed E-state index contributed by atoms with van der Waals surface area (Å²) in [6.45, 7) is 5.05. The molecule has 1 aliphatic heterocycles. The first-order valence-electron chi connectivity index (χ1n) is 8.37. The Morgan fingerprint density at radius 3 is 2.86 bits per heavy atom. The monoisotopic (exact) mass is 304 g/mol. The maximum absolute atomic E-state index is 12.3. The summed E-state index contributed by atoms with van der Waals surface area (Å²) in [6, 6.07) is 7.90. The fraction of sp³-hybridized carbons (Fsp3) is 0.611. The van der Waals surface area contributed by atoms with Crippen LogP contribution in [0.15, 0.2) is 24.3 Å². The number of anilines is 1. The van der Waals surface area contributed by atoms with E-state index >= 15 is 0 Å². The van der Waals surface area contributed by atoms with Crippen LogP contribution in [0, 0.1) is 12.8 Å². The van der Waals surface area contributed by atoms with E-state index in [9.17, 15) is 4.79 Å². The smallest absolute Gasteiger partial charge is 0.224 e. The van der Waals surface area contributed by atoms with Crippen molar-refractivity contribution in [3.05, 3.63) is 29.8 Å². The van der Waals surface area contributed by atoms with Gasteiger partial charge in [-0.2, -0.15) is 0 Å². The van der Waals surface area contributed by atoms with E-state index in [2.05, 4.69) is 10.2 Å². The van der Waals surface area contributed by atoms with Crippen LogP contribution >= 0.6 is 0 Å². The van der Waals surface area contributed by atoms with E-state index in [-0.39, 0.29) is 12.5 Å². The molecule has 1 aromatic carbocycles. The number of nitrogens with one attached hydrogen (secondary N) is 1. The van der Waals surface area contributed by atoms with Crippen LogP contribution in [0.1, 0.15) is 37.7 Å². The Kier molecular flexibility index (Phi) is 6.87. The Morgan fingerprint density at radius 2 is 2.09 bits per heavy atom. The highest BCUT2D eigenvalue weighted by atomic mass is 16.3. The molecule has 1 amide bonds. The number of carbonyl (C=O) groups excluding carboxylic acids is 1. The van der Waals surface area contributed by atoms with Crippen molar-refractivity contribution in [2.45, 2.75) is 39.0 Å². The summed E-state index contributed by atoms with van der Waals surface area (Å²) >= 11 is 0. The number of rotatable bonds is 5. The predicted molar refractivity (Wildman–Crippen MR) is 89.9 cm³/mol. The molecule has 1 heterocycles. The molecule has 0 aliphatic carbocycles. The Balaban J connectivity index is 1.83. The number of aliphatic hydroxyl groups is 1. The lowest BCUT2D eigenvalue weighted by Crippen LogP contribution is -2.32. The third-order valence-electron chi connectivity index (χ3n) is 4.50. The second-order valence-corrected chi connectivity index (χ2v) is 6.28. The van der Waals surface area contributed by atoms with Crippen molar-refractivity contribution >= 4 is 11.6 Å². The van der Waals surface area contributed by atoms with Gasteiger partial charge in [-0.1, -0.05) is 24.6 Å². The lowest BCUT2D eigenvalue weighted by molar-refractivity contribution is -0.117. The fourth-order valence-electron chi connectivity index (χ4n) is 3.14. The minimum absolute atomic E-state index is 0.119. The first kappa shape index (κ1) is 17.0. The van der Waals surface area contributed by atoms with Gasteiger partial charge in [0, 0.05) is 18.7 Å². The van der Waals surface area contributed by atoms with Crippen LogP contribution in [0.4, 0.5) is 5.69 Å². The molecule has 2 rings (SSSR count). The van der Waals surface area contributed by atoms with E-state index in [1.165, 1.54) is 6.42 Å². The van der Waals surface area contributed by atoms with Crippen molar-refractivity contribution in [1.82, 2.24) is 4.90 Å². The average molecular weight is 304 g/mol. The van der Waals surface area contributed by atoms with Crippen LogP contribution in [-0.4, -0.2) is 42.2 Å². The fourth-order valence-corrected chi connectivity index (χ4v) is 3.14. The van der Waals surface area contributed by atoms with Gasteiger partial charge in [0.15, 0.2) is 0 Å². The van der Waals surface area contributed by atoms with Crippen LogP contribution in [0.25, 0.3) is 0 Å². The average Bonchev–Trinajstić information content (AvgIpc) is 2.48. The molecule has 1 fully saturated rings. The van der Waals surface area contributed by atoms with Crippen LogP contribution in [0.3, 0.4) is 0 Å². The predicted octanol–water partition coefficient (Wildman–Crippen LogP) is 2.81.